The summed E-state index contributed by atoms with van der Waals surface area (Å²) in [4.78, 5) is 0. The van der Waals surface area contributed by atoms with Crippen molar-refractivity contribution in [2.24, 2.45) is 0 Å². The molecule has 0 aliphatic carbocycles. The van der Waals surface area contributed by atoms with Crippen molar-refractivity contribution in [2.45, 2.75) is 0 Å². The fourth-order valence-electron chi connectivity index (χ4n) is 6.86. The molecule has 0 fully saturated rings. The second-order valence-corrected chi connectivity index (χ2v) is 11.5. The fraction of sp³-hybridized carbons (Fsp3) is 0. The molecule has 1 nitrogen and oxygen atoms in total. The normalized spacial score (nSPS) is 16.5. The van der Waals surface area contributed by atoms with Crippen LogP contribution in [0.15, 0.2) is 186 Å². The Morgan fingerprint density at radius 1 is 0.347 bits per heavy atom. The van der Waals surface area contributed by atoms with Gasteiger partial charge in [0.2, 0.25) is 0 Å². The molecule has 49 heavy (non-hydrogen) atoms. The maximum absolute atomic E-state index is 9.66. The second-order valence-electron chi connectivity index (χ2n) is 11.5. The zero-order valence-corrected chi connectivity index (χ0v) is 25.4. The topological polar surface area (TPSA) is 13.1 Å². The van der Waals surface area contributed by atoms with Crippen molar-refractivity contribution < 1.29 is 27.7 Å². The first-order valence-electron chi connectivity index (χ1n) is 24.0. The van der Waals surface area contributed by atoms with Crippen LogP contribution in [0.25, 0.3) is 98.8 Å². The summed E-state index contributed by atoms with van der Waals surface area (Å²) < 4.78 is 159. The first-order chi connectivity index (χ1) is 31.4. The van der Waals surface area contributed by atoms with Gasteiger partial charge in [0.15, 0.2) is 0 Å². The zero-order chi connectivity index (χ0) is 47.1. The van der Waals surface area contributed by atoms with E-state index in [-0.39, 0.29) is 27.1 Å². The molecule has 0 bridgehead atoms. The van der Waals surface area contributed by atoms with Crippen LogP contribution in [0.1, 0.15) is 23.3 Å². The summed E-state index contributed by atoms with van der Waals surface area (Å²) in [6, 6.07) is 11.2. The summed E-state index contributed by atoms with van der Waals surface area (Å²) >= 11 is 0. The van der Waals surface area contributed by atoms with Gasteiger partial charge in [0.05, 0.1) is 23.3 Å². The highest BCUT2D eigenvalue weighted by Gasteiger charge is 2.20. The average Bonchev–Trinajstić information content (AvgIpc) is 3.71. The second kappa shape index (κ2) is 11.1. The van der Waals surface area contributed by atoms with E-state index in [0.29, 0.717) is 27.5 Å². The molecule has 0 amide bonds. The van der Waals surface area contributed by atoms with Gasteiger partial charge in [-0.25, -0.2) is 0 Å². The van der Waals surface area contributed by atoms with E-state index >= 15 is 0 Å². The lowest BCUT2D eigenvalue weighted by atomic mass is 9.83. The van der Waals surface area contributed by atoms with Gasteiger partial charge in [-0.2, -0.15) is 0 Å². The van der Waals surface area contributed by atoms with Crippen LogP contribution in [0, 0.1) is 0 Å². The van der Waals surface area contributed by atoms with Crippen LogP contribution in [-0.4, -0.2) is 0 Å². The summed E-state index contributed by atoms with van der Waals surface area (Å²) in [5, 5.41) is 1.72. The molecule has 0 aliphatic heterocycles. The number of fused-ring (bicyclic) bond motifs is 6. The van der Waals surface area contributed by atoms with E-state index in [2.05, 4.69) is 0 Å². The minimum Gasteiger partial charge on any atom is -0.456 e. The third-order valence-electron chi connectivity index (χ3n) is 8.89. The zero-order valence-electron chi connectivity index (χ0n) is 42.4. The van der Waals surface area contributed by atoms with E-state index in [0.717, 1.165) is 21.9 Å². The largest absolute Gasteiger partial charge is 0.456 e. The van der Waals surface area contributed by atoms with E-state index in [1.807, 2.05) is 60.7 Å². The van der Waals surface area contributed by atoms with Crippen molar-refractivity contribution >= 4 is 54.3 Å². The number of hydrogen-bond acceptors (Lipinski definition) is 1. The number of furan rings is 1. The lowest BCUT2D eigenvalue weighted by Gasteiger charge is -2.20. The predicted molar refractivity (Wildman–Crippen MR) is 208 cm³/mol. The van der Waals surface area contributed by atoms with Crippen molar-refractivity contribution in [1.82, 2.24) is 0 Å². The van der Waals surface area contributed by atoms with Gasteiger partial charge in [-0.3, -0.25) is 0 Å². The van der Waals surface area contributed by atoms with E-state index in [1.165, 1.54) is 0 Å². The van der Waals surface area contributed by atoms with E-state index < -0.39 is 125 Å². The van der Waals surface area contributed by atoms with Crippen LogP contribution in [0.4, 0.5) is 0 Å². The first kappa shape index (κ1) is 15.6. The summed E-state index contributed by atoms with van der Waals surface area (Å²) in [6.45, 7) is 0. The highest BCUT2D eigenvalue weighted by Crippen LogP contribution is 2.47. The lowest BCUT2D eigenvalue weighted by Crippen LogP contribution is -1.93. The molecule has 0 N–H and O–H groups in total. The molecule has 1 heterocycles. The third kappa shape index (κ3) is 4.33. The van der Waals surface area contributed by atoms with Crippen LogP contribution in [0.3, 0.4) is 0 Å². The Bertz CT molecular complexity index is 3750. The molecule has 0 saturated carbocycles. The Morgan fingerprint density at radius 3 is 1.63 bits per heavy atom. The number of para-hydroxylation sites is 1. The Hall–Kier alpha value is -6.44. The molecule has 1 aromatic heterocycles. The Labute approximate surface area is 308 Å². The smallest absolute Gasteiger partial charge is 0.136 e. The van der Waals surface area contributed by atoms with Crippen molar-refractivity contribution in [3.63, 3.8) is 0 Å². The minimum atomic E-state index is -0.878. The van der Waals surface area contributed by atoms with Crippen LogP contribution < -0.4 is 0 Å². The molecule has 0 aliphatic rings. The molecular weight excluding hydrogens is 593 g/mol. The van der Waals surface area contributed by atoms with Crippen molar-refractivity contribution in [1.29, 1.82) is 0 Å². The van der Waals surface area contributed by atoms with Gasteiger partial charge in [-0.1, -0.05) is 163 Å². The van der Waals surface area contributed by atoms with Crippen molar-refractivity contribution in [3.05, 3.63) is 182 Å². The minimum absolute atomic E-state index is 0.00965. The third-order valence-corrected chi connectivity index (χ3v) is 8.89. The average molecular weight is 640 g/mol. The van der Waals surface area contributed by atoms with Crippen molar-refractivity contribution in [2.75, 3.05) is 0 Å². The number of benzene rings is 9. The van der Waals surface area contributed by atoms with E-state index in [4.69, 9.17) is 19.5 Å². The quantitative estimate of drug-likeness (QED) is 0.175. The highest BCUT2D eigenvalue weighted by atomic mass is 16.3. The van der Waals surface area contributed by atoms with Crippen LogP contribution in [0.2, 0.25) is 0 Å². The summed E-state index contributed by atoms with van der Waals surface area (Å²) in [6.07, 6.45) is 0. The van der Waals surface area contributed by atoms with Gasteiger partial charge in [0.1, 0.15) is 11.2 Å². The molecule has 1 heteroatoms. The van der Waals surface area contributed by atoms with Crippen LogP contribution in [-0.2, 0) is 0 Å². The molecular formula is C48H30O. The monoisotopic (exact) mass is 639 g/mol. The van der Waals surface area contributed by atoms with Gasteiger partial charge in [0, 0.05) is 10.8 Å². The highest BCUT2D eigenvalue weighted by molar-refractivity contribution is 6.25. The molecule has 9 aromatic carbocycles. The standard InChI is InChI=1S/C48H30O/c1-2-14-31(15-3-1)32-16-12-17-33(30-32)46-38-20-6-8-22-40(38)47(41-23-9-7-21-39(41)46)42-29-28-36(34-18-4-5-19-35(34)42)37-25-13-27-45-48(37)43-24-10-11-26-44(43)49-45/h1-30H/i1D,2D,3D,6D,7D,8D,9D,12D,14D,15D,16D,17D,20D,21D,22D,23D,30D. The molecule has 0 spiro atoms. The Morgan fingerprint density at radius 2 is 0.898 bits per heavy atom. The number of rotatable bonds is 4. The van der Waals surface area contributed by atoms with Crippen LogP contribution >= 0.6 is 0 Å². The Balaban J connectivity index is 1.43. The molecule has 0 radical (unpaired) electrons. The van der Waals surface area contributed by atoms with Gasteiger partial charge in [-0.15, -0.1) is 0 Å². The molecule has 0 saturated heterocycles. The molecule has 10 aromatic rings. The molecule has 10 rings (SSSR count). The lowest BCUT2D eigenvalue weighted by molar-refractivity contribution is 0.669. The Kier molecular flexibility index (Phi) is 3.54. The van der Waals surface area contributed by atoms with Gasteiger partial charge < -0.3 is 4.42 Å². The number of hydrogen-bond donors (Lipinski definition) is 0. The summed E-state index contributed by atoms with van der Waals surface area (Å²) in [5.41, 5.74) is 0.851. The van der Waals surface area contributed by atoms with Crippen LogP contribution in [0.5, 0.6) is 0 Å². The summed E-state index contributed by atoms with van der Waals surface area (Å²) in [5.74, 6) is 0. The maximum Gasteiger partial charge on any atom is 0.136 e. The maximum atomic E-state index is 9.66. The summed E-state index contributed by atoms with van der Waals surface area (Å²) in [7, 11) is 0. The van der Waals surface area contributed by atoms with Gasteiger partial charge in [0.25, 0.3) is 0 Å². The molecule has 0 atom stereocenters. The molecule has 0 unspecified atom stereocenters. The fourth-order valence-corrected chi connectivity index (χ4v) is 6.86. The first-order valence-corrected chi connectivity index (χ1v) is 15.5. The SMILES string of the molecule is [2H]c1c([2H])c([2H])c(-c2c([2H])c([2H])c([2H])c(-c3c4c([2H])c([2H])c([2H])c([2H])c4c(-c4ccc(-c5cccc6oc7ccccc7c56)c5ccccc45)c4c([2H])c([2H])c([2H])c([2H])c34)c2[2H])c([2H])c1[2H]. The van der Waals surface area contributed by atoms with Gasteiger partial charge in [-0.05, 0) is 95.0 Å². The predicted octanol–water partition coefficient (Wildman–Crippen LogP) is 13.7. The van der Waals surface area contributed by atoms with E-state index in [9.17, 15) is 8.22 Å². The van der Waals surface area contributed by atoms with E-state index in [1.54, 1.807) is 18.2 Å². The molecule has 228 valence electrons. The van der Waals surface area contributed by atoms with Crippen molar-refractivity contribution in [3.8, 4) is 44.5 Å². The van der Waals surface area contributed by atoms with Gasteiger partial charge >= 0.3 is 0 Å².